The van der Waals surface area contributed by atoms with Gasteiger partial charge in [0.25, 0.3) is 5.91 Å². The van der Waals surface area contributed by atoms with Crippen LogP contribution in [0.1, 0.15) is 67.1 Å². The fourth-order valence-corrected chi connectivity index (χ4v) is 10.0. The molecule has 10 nitrogen and oxygen atoms in total. The molecule has 1 saturated carbocycles. The van der Waals surface area contributed by atoms with Gasteiger partial charge < -0.3 is 23.7 Å². The van der Waals surface area contributed by atoms with Crippen LogP contribution in [0.2, 0.25) is 18.1 Å². The highest BCUT2D eigenvalue weighted by Crippen LogP contribution is 2.47. The second kappa shape index (κ2) is 16.6. The Bertz CT molecular complexity index is 2250. The number of carbonyl (C=O) groups excluding carboxylic acids is 1. The van der Waals surface area contributed by atoms with Crippen LogP contribution < -0.4 is 9.47 Å². The molecule has 4 atom stereocenters. The maximum absolute atomic E-state index is 13.6. The lowest BCUT2D eigenvalue weighted by Crippen LogP contribution is -2.51. The van der Waals surface area contributed by atoms with E-state index in [1.54, 1.807) is 25.4 Å². The van der Waals surface area contributed by atoms with Gasteiger partial charge in [-0.25, -0.2) is 5.01 Å². The van der Waals surface area contributed by atoms with E-state index in [2.05, 4.69) is 52.2 Å². The molecular formula is C49H56N4O6Si. The predicted molar refractivity (Wildman–Crippen MR) is 238 cm³/mol. The fraction of sp³-hybridized carbons (Fsp3) is 0.367. The molecule has 8 rings (SSSR count). The maximum Gasteiger partial charge on any atom is 0.274 e. The molecule has 2 aliphatic heterocycles. The molecule has 4 aromatic rings. The van der Waals surface area contributed by atoms with E-state index in [9.17, 15) is 9.90 Å². The summed E-state index contributed by atoms with van der Waals surface area (Å²) in [6, 6.07) is 35.2. The Morgan fingerprint density at radius 2 is 1.40 bits per heavy atom. The van der Waals surface area contributed by atoms with Gasteiger partial charge >= 0.3 is 0 Å². The Morgan fingerprint density at radius 3 is 1.98 bits per heavy atom. The standard InChI is InChI=1S/C49H56N4O6Si/c1-48(2,3)60(6,7)59-46-43(52-30-34-18-19-35-31-53(50-29-42(51-52)44(34)35)47(55)33-14-10-8-11-15-33)28-36(45(46)54)32-58-49(37-16-12-9-13-17-37,38-20-24-40(56-4)25-21-38)39-22-26-41(57-5)27-23-39/h8-17,20-27,29-30,36,43,45-46,54H,18-19,28,31-32H2,1-7H3/t36-,43-,45-,46+/m1/s1. The Labute approximate surface area is 354 Å². The zero-order valence-electron chi connectivity index (χ0n) is 35.7. The SMILES string of the molecule is COc1ccc(C(OC[C@H]2C[C@@H](N3C=C4CCC5=C4C(=N3)C=NN(C(=O)c3ccccc3)C5)[C@H](O[Si](C)(C)C(C)(C)C)[C@@H]2O)(c2ccccc2)c2ccc(OC)cc2)cc1. The van der Waals surface area contributed by atoms with E-state index >= 15 is 0 Å². The van der Waals surface area contributed by atoms with Gasteiger partial charge in [-0.1, -0.05) is 93.6 Å². The van der Waals surface area contributed by atoms with Crippen molar-refractivity contribution in [1.29, 1.82) is 0 Å². The van der Waals surface area contributed by atoms with E-state index in [1.807, 2.05) is 102 Å². The Morgan fingerprint density at radius 1 is 0.817 bits per heavy atom. The summed E-state index contributed by atoms with van der Waals surface area (Å²) < 4.78 is 25.7. The minimum atomic E-state index is -2.40. The van der Waals surface area contributed by atoms with Crippen LogP contribution in [-0.4, -0.2) is 86.9 Å². The van der Waals surface area contributed by atoms with Crippen LogP contribution in [0, 0.1) is 5.92 Å². The topological polar surface area (TPSA) is 105 Å². The summed E-state index contributed by atoms with van der Waals surface area (Å²) in [7, 11) is 0.928. The zero-order chi connectivity index (χ0) is 42.2. The van der Waals surface area contributed by atoms with Crippen LogP contribution in [0.4, 0.5) is 0 Å². The molecule has 0 unspecified atom stereocenters. The maximum atomic E-state index is 13.6. The molecule has 60 heavy (non-hydrogen) atoms. The van der Waals surface area contributed by atoms with Crippen LogP contribution in [0.3, 0.4) is 0 Å². The average molecular weight is 825 g/mol. The molecular weight excluding hydrogens is 769 g/mol. The summed E-state index contributed by atoms with van der Waals surface area (Å²) in [5.74, 6) is 1.04. The number of methoxy groups -OCH3 is 2. The smallest absolute Gasteiger partial charge is 0.274 e. The van der Waals surface area contributed by atoms with E-state index < -0.39 is 26.1 Å². The highest BCUT2D eigenvalue weighted by molar-refractivity contribution is 6.74. The van der Waals surface area contributed by atoms with Crippen molar-refractivity contribution in [3.05, 3.63) is 154 Å². The van der Waals surface area contributed by atoms with Crippen LogP contribution in [0.5, 0.6) is 11.5 Å². The highest BCUT2D eigenvalue weighted by Gasteiger charge is 2.52. The van der Waals surface area contributed by atoms with E-state index in [4.69, 9.17) is 28.8 Å². The monoisotopic (exact) mass is 824 g/mol. The third-order valence-electron chi connectivity index (χ3n) is 13.1. The number of allylic oxidation sites excluding steroid dienone is 2. The summed E-state index contributed by atoms with van der Waals surface area (Å²) in [6.07, 6.45) is 4.70. The molecule has 2 aliphatic carbocycles. The number of benzene rings is 4. The van der Waals surface area contributed by atoms with Gasteiger partial charge in [-0.2, -0.15) is 10.2 Å². The van der Waals surface area contributed by atoms with E-state index in [0.29, 0.717) is 18.5 Å². The number of hydrogen-bond acceptors (Lipinski definition) is 9. The van der Waals surface area contributed by atoms with Crippen LogP contribution in [0.25, 0.3) is 0 Å². The molecule has 1 N–H and O–H groups in total. The first-order valence-electron chi connectivity index (χ1n) is 20.9. The molecule has 0 spiro atoms. The highest BCUT2D eigenvalue weighted by atomic mass is 28.4. The average Bonchev–Trinajstić information content (AvgIpc) is 3.74. The van der Waals surface area contributed by atoms with Gasteiger partial charge in [-0.3, -0.25) is 9.80 Å². The molecule has 11 heteroatoms. The number of aliphatic hydroxyl groups excluding tert-OH is 1. The fourth-order valence-electron chi connectivity index (χ4n) is 8.69. The van der Waals surface area contributed by atoms with Crippen molar-refractivity contribution in [3.8, 4) is 11.5 Å². The zero-order valence-corrected chi connectivity index (χ0v) is 36.7. The molecule has 312 valence electrons. The minimum absolute atomic E-state index is 0.0950. The predicted octanol–water partition coefficient (Wildman–Crippen LogP) is 8.94. The van der Waals surface area contributed by atoms with Crippen molar-refractivity contribution < 1.29 is 28.5 Å². The molecule has 4 aromatic carbocycles. The van der Waals surface area contributed by atoms with Crippen molar-refractivity contribution in [2.24, 2.45) is 16.1 Å². The summed E-state index contributed by atoms with van der Waals surface area (Å²) in [6.45, 7) is 11.8. The van der Waals surface area contributed by atoms with Gasteiger partial charge in [-0.15, -0.1) is 0 Å². The number of ether oxygens (including phenoxy) is 3. The first-order chi connectivity index (χ1) is 28.8. The van der Waals surface area contributed by atoms with Crippen molar-refractivity contribution >= 4 is 26.2 Å². The van der Waals surface area contributed by atoms with Gasteiger partial charge in [0.2, 0.25) is 0 Å². The van der Waals surface area contributed by atoms with Crippen LogP contribution in [0.15, 0.2) is 142 Å². The Balaban J connectivity index is 1.16. The van der Waals surface area contributed by atoms with Crippen LogP contribution in [-0.2, 0) is 14.8 Å². The molecule has 0 saturated heterocycles. The van der Waals surface area contributed by atoms with Crippen molar-refractivity contribution in [2.45, 2.75) is 82.0 Å². The van der Waals surface area contributed by atoms with Crippen molar-refractivity contribution in [3.63, 3.8) is 0 Å². The minimum Gasteiger partial charge on any atom is -0.497 e. The van der Waals surface area contributed by atoms with Crippen molar-refractivity contribution in [2.75, 3.05) is 27.4 Å². The second-order valence-electron chi connectivity index (χ2n) is 17.7. The third kappa shape index (κ3) is 7.75. The number of rotatable bonds is 12. The van der Waals surface area contributed by atoms with Gasteiger partial charge in [0.05, 0.1) is 51.8 Å². The first kappa shape index (κ1) is 41.4. The molecule has 1 fully saturated rings. The lowest BCUT2D eigenvalue weighted by atomic mass is 9.79. The van der Waals surface area contributed by atoms with Crippen LogP contribution >= 0.6 is 0 Å². The number of carbonyl (C=O) groups is 1. The number of amides is 1. The quantitative estimate of drug-likeness (QED) is 0.112. The lowest BCUT2D eigenvalue weighted by molar-refractivity contribution is -0.0480. The number of hydrazone groups is 2. The Kier molecular flexibility index (Phi) is 11.5. The summed E-state index contributed by atoms with van der Waals surface area (Å²) >= 11 is 0. The number of hydrogen-bond donors (Lipinski definition) is 1. The summed E-state index contributed by atoms with van der Waals surface area (Å²) in [5, 5.41) is 25.9. The molecule has 2 heterocycles. The van der Waals surface area contributed by atoms with Crippen molar-refractivity contribution in [1.82, 2.24) is 10.0 Å². The van der Waals surface area contributed by atoms with Gasteiger partial charge in [0.15, 0.2) is 8.32 Å². The summed E-state index contributed by atoms with van der Waals surface area (Å²) in [4.78, 5) is 13.6. The van der Waals surface area contributed by atoms with E-state index in [1.165, 1.54) is 0 Å². The normalized spacial score (nSPS) is 21.7. The van der Waals surface area contributed by atoms with Gasteiger partial charge in [0, 0.05) is 23.3 Å². The van der Waals surface area contributed by atoms with E-state index in [-0.39, 0.29) is 29.5 Å². The largest absolute Gasteiger partial charge is 0.497 e. The number of aliphatic hydroxyl groups is 1. The third-order valence-corrected chi connectivity index (χ3v) is 17.5. The molecule has 1 amide bonds. The summed E-state index contributed by atoms with van der Waals surface area (Å²) in [5.41, 5.74) is 6.48. The first-order valence-corrected chi connectivity index (χ1v) is 23.8. The number of nitrogens with zero attached hydrogens (tertiary/aromatic N) is 4. The van der Waals surface area contributed by atoms with Gasteiger partial charge in [0.1, 0.15) is 22.8 Å². The second-order valence-corrected chi connectivity index (χ2v) is 22.4. The Hall–Kier alpha value is -5.33. The molecule has 0 radical (unpaired) electrons. The molecule has 0 bridgehead atoms. The molecule has 4 aliphatic rings. The van der Waals surface area contributed by atoms with Gasteiger partial charge in [-0.05, 0) is 102 Å². The van der Waals surface area contributed by atoms with E-state index in [0.717, 1.165) is 63.5 Å². The lowest BCUT2D eigenvalue weighted by Gasteiger charge is -2.42. The molecule has 0 aromatic heterocycles.